The Morgan fingerprint density at radius 2 is 1.57 bits per heavy atom. The summed E-state index contributed by atoms with van der Waals surface area (Å²) in [6.45, 7) is 3.18. The molecular formula is C20H24N4O4. The maximum Gasteiger partial charge on any atom is 0.244 e. The quantitative estimate of drug-likeness (QED) is 0.797. The van der Waals surface area contributed by atoms with Crippen LogP contribution in [0.1, 0.15) is 36.8 Å². The summed E-state index contributed by atoms with van der Waals surface area (Å²) >= 11 is 0. The SMILES string of the molecule is Cc1ccc(CN2C(=O)CN3C(=O)CCC32)cc1.O=C1CN2C(=O)CCC2N1. The molecule has 2 unspecified atom stereocenters. The summed E-state index contributed by atoms with van der Waals surface area (Å²) in [6.07, 6.45) is 2.72. The van der Waals surface area contributed by atoms with Crippen molar-refractivity contribution in [3.63, 3.8) is 0 Å². The minimum Gasteiger partial charge on any atom is -0.334 e. The van der Waals surface area contributed by atoms with Crippen molar-refractivity contribution in [2.45, 2.75) is 51.5 Å². The molecule has 28 heavy (non-hydrogen) atoms. The number of nitrogens with zero attached hydrogens (tertiary/aromatic N) is 3. The molecule has 4 aliphatic heterocycles. The van der Waals surface area contributed by atoms with Crippen LogP contribution in [-0.2, 0) is 25.7 Å². The van der Waals surface area contributed by atoms with Gasteiger partial charge in [0.15, 0.2) is 0 Å². The Bertz CT molecular complexity index is 822. The number of hydrogen-bond donors (Lipinski definition) is 1. The highest BCUT2D eigenvalue weighted by molar-refractivity contribution is 5.90. The standard InChI is InChI=1S/C14H16N2O2.C6H8N2O2/c1-10-2-4-11(5-3-10)8-15-12-6-7-13(17)16(12)9-14(15)18;9-5-3-8-4(7-5)1-2-6(8)10/h2-5,12H,6-9H2,1H3;4H,1-3H2,(H,7,9). The van der Waals surface area contributed by atoms with Gasteiger partial charge in [-0.15, -0.1) is 0 Å². The maximum absolute atomic E-state index is 11.9. The summed E-state index contributed by atoms with van der Waals surface area (Å²) in [5.74, 6) is 0.245. The molecule has 4 aliphatic rings. The summed E-state index contributed by atoms with van der Waals surface area (Å²) in [6, 6.07) is 8.19. The van der Waals surface area contributed by atoms with Gasteiger partial charge in [-0.3, -0.25) is 19.2 Å². The molecule has 0 aromatic heterocycles. The minimum atomic E-state index is -0.0296. The zero-order chi connectivity index (χ0) is 19.8. The number of amides is 4. The molecule has 4 saturated heterocycles. The fourth-order valence-corrected chi connectivity index (χ4v) is 4.19. The summed E-state index contributed by atoms with van der Waals surface area (Å²) < 4.78 is 0. The number of carbonyl (C=O) groups excluding carboxylic acids is 4. The summed E-state index contributed by atoms with van der Waals surface area (Å²) in [5, 5.41) is 2.71. The lowest BCUT2D eigenvalue weighted by Crippen LogP contribution is -2.36. The van der Waals surface area contributed by atoms with Gasteiger partial charge in [-0.2, -0.15) is 0 Å². The van der Waals surface area contributed by atoms with Crippen LogP contribution in [0.5, 0.6) is 0 Å². The van der Waals surface area contributed by atoms with Crippen LogP contribution in [0, 0.1) is 6.92 Å². The van der Waals surface area contributed by atoms with Gasteiger partial charge in [0.05, 0.1) is 0 Å². The van der Waals surface area contributed by atoms with Crippen molar-refractivity contribution in [3.05, 3.63) is 35.4 Å². The van der Waals surface area contributed by atoms with Gasteiger partial charge < -0.3 is 20.0 Å². The van der Waals surface area contributed by atoms with Crippen LogP contribution in [0.3, 0.4) is 0 Å². The van der Waals surface area contributed by atoms with Crippen molar-refractivity contribution >= 4 is 23.6 Å². The van der Waals surface area contributed by atoms with Gasteiger partial charge in [0.25, 0.3) is 0 Å². The van der Waals surface area contributed by atoms with Gasteiger partial charge in [-0.05, 0) is 25.3 Å². The molecule has 0 aliphatic carbocycles. The Hall–Kier alpha value is -2.90. The van der Waals surface area contributed by atoms with Crippen molar-refractivity contribution in [3.8, 4) is 0 Å². The van der Waals surface area contributed by atoms with Crippen molar-refractivity contribution in [2.24, 2.45) is 0 Å². The van der Waals surface area contributed by atoms with Crippen LogP contribution < -0.4 is 5.32 Å². The second-order valence-corrected chi connectivity index (χ2v) is 7.69. The van der Waals surface area contributed by atoms with E-state index in [2.05, 4.69) is 5.32 Å². The van der Waals surface area contributed by atoms with E-state index in [9.17, 15) is 19.2 Å². The number of carbonyl (C=O) groups is 4. The Morgan fingerprint density at radius 3 is 2.29 bits per heavy atom. The monoisotopic (exact) mass is 384 g/mol. The lowest BCUT2D eigenvalue weighted by Gasteiger charge is -2.24. The summed E-state index contributed by atoms with van der Waals surface area (Å²) in [5.41, 5.74) is 2.33. The van der Waals surface area contributed by atoms with E-state index in [1.165, 1.54) is 5.56 Å². The predicted molar refractivity (Wildman–Crippen MR) is 99.3 cm³/mol. The summed E-state index contributed by atoms with van der Waals surface area (Å²) in [7, 11) is 0. The first-order valence-corrected chi connectivity index (χ1v) is 9.65. The molecule has 0 bridgehead atoms. The number of aryl methyl sites for hydroxylation is 1. The topological polar surface area (TPSA) is 90.0 Å². The molecule has 4 amide bonds. The molecule has 4 fully saturated rings. The molecule has 5 rings (SSSR count). The second kappa shape index (κ2) is 7.26. The Kier molecular flexibility index (Phi) is 4.78. The zero-order valence-electron chi connectivity index (χ0n) is 15.9. The van der Waals surface area contributed by atoms with Crippen molar-refractivity contribution < 1.29 is 19.2 Å². The highest BCUT2D eigenvalue weighted by Crippen LogP contribution is 2.28. The Balaban J connectivity index is 0.000000162. The maximum atomic E-state index is 11.9. The normalized spacial score (nSPS) is 25.7. The third kappa shape index (κ3) is 3.46. The largest absolute Gasteiger partial charge is 0.334 e. The van der Waals surface area contributed by atoms with Crippen LogP contribution >= 0.6 is 0 Å². The fraction of sp³-hybridized carbons (Fsp3) is 0.500. The summed E-state index contributed by atoms with van der Waals surface area (Å²) in [4.78, 5) is 50.3. The van der Waals surface area contributed by atoms with Crippen LogP contribution in [0.2, 0.25) is 0 Å². The van der Waals surface area contributed by atoms with E-state index in [1.807, 2.05) is 36.1 Å². The van der Waals surface area contributed by atoms with Gasteiger partial charge in [0, 0.05) is 19.4 Å². The Morgan fingerprint density at radius 1 is 0.893 bits per heavy atom. The number of nitrogens with one attached hydrogen (secondary N) is 1. The first-order valence-electron chi connectivity index (χ1n) is 9.65. The fourth-order valence-electron chi connectivity index (χ4n) is 4.19. The smallest absolute Gasteiger partial charge is 0.244 e. The van der Waals surface area contributed by atoms with Gasteiger partial charge in [-0.1, -0.05) is 29.8 Å². The molecule has 0 radical (unpaired) electrons. The number of rotatable bonds is 2. The third-order valence-corrected chi connectivity index (χ3v) is 5.73. The predicted octanol–water partition coefficient (Wildman–Crippen LogP) is 0.350. The van der Waals surface area contributed by atoms with Crippen molar-refractivity contribution in [2.75, 3.05) is 13.1 Å². The first-order chi connectivity index (χ1) is 13.4. The van der Waals surface area contributed by atoms with E-state index < -0.39 is 0 Å². The third-order valence-electron chi connectivity index (χ3n) is 5.73. The van der Waals surface area contributed by atoms with Crippen LogP contribution in [0.4, 0.5) is 0 Å². The molecule has 1 N–H and O–H groups in total. The number of benzene rings is 1. The molecule has 4 heterocycles. The highest BCUT2D eigenvalue weighted by atomic mass is 16.2. The average Bonchev–Trinajstić information content (AvgIpc) is 3.38. The van der Waals surface area contributed by atoms with Crippen LogP contribution in [-0.4, -0.2) is 63.7 Å². The molecule has 0 spiro atoms. The molecule has 1 aromatic carbocycles. The molecule has 148 valence electrons. The second-order valence-electron chi connectivity index (χ2n) is 7.69. The van der Waals surface area contributed by atoms with Crippen molar-refractivity contribution in [1.29, 1.82) is 0 Å². The van der Waals surface area contributed by atoms with E-state index in [4.69, 9.17) is 0 Å². The lowest BCUT2D eigenvalue weighted by molar-refractivity contribution is -0.130. The Labute approximate surface area is 163 Å². The highest BCUT2D eigenvalue weighted by Gasteiger charge is 2.44. The molecule has 1 aromatic rings. The van der Waals surface area contributed by atoms with Gasteiger partial charge in [0.1, 0.15) is 25.4 Å². The van der Waals surface area contributed by atoms with Crippen molar-refractivity contribution in [1.82, 2.24) is 20.0 Å². The van der Waals surface area contributed by atoms with E-state index in [0.717, 1.165) is 18.4 Å². The van der Waals surface area contributed by atoms with Gasteiger partial charge in [-0.25, -0.2) is 0 Å². The van der Waals surface area contributed by atoms with E-state index in [1.54, 1.807) is 9.80 Å². The van der Waals surface area contributed by atoms with E-state index in [-0.39, 0.29) is 49.0 Å². The molecule has 2 atom stereocenters. The number of fused-ring (bicyclic) bond motifs is 2. The first kappa shape index (κ1) is 18.5. The van der Waals surface area contributed by atoms with Gasteiger partial charge >= 0.3 is 0 Å². The molecule has 8 heteroatoms. The average molecular weight is 384 g/mol. The van der Waals surface area contributed by atoms with Gasteiger partial charge in [0.2, 0.25) is 23.6 Å². The minimum absolute atomic E-state index is 0.00805. The van der Waals surface area contributed by atoms with E-state index >= 15 is 0 Å². The zero-order valence-corrected chi connectivity index (χ0v) is 15.9. The molecular weight excluding hydrogens is 360 g/mol. The lowest BCUT2D eigenvalue weighted by atomic mass is 10.1. The van der Waals surface area contributed by atoms with E-state index in [0.29, 0.717) is 19.4 Å². The van der Waals surface area contributed by atoms with Crippen LogP contribution in [0.25, 0.3) is 0 Å². The van der Waals surface area contributed by atoms with Crippen LogP contribution in [0.15, 0.2) is 24.3 Å². The molecule has 8 nitrogen and oxygen atoms in total. The molecule has 0 saturated carbocycles. The number of hydrogen-bond acceptors (Lipinski definition) is 4.